The molecule has 4 nitrogen and oxygen atoms in total. The van der Waals surface area contributed by atoms with Gasteiger partial charge in [0, 0.05) is 18.5 Å². The molecule has 0 amide bonds. The quantitative estimate of drug-likeness (QED) is 0.639. The molecule has 0 atom stereocenters. The van der Waals surface area contributed by atoms with Crippen molar-refractivity contribution >= 4 is 5.96 Å². The van der Waals surface area contributed by atoms with Crippen molar-refractivity contribution in [3.05, 3.63) is 35.6 Å². The van der Waals surface area contributed by atoms with Crippen LogP contribution in [-0.4, -0.2) is 32.3 Å². The average Bonchev–Trinajstić information content (AvgIpc) is 2.41. The van der Waals surface area contributed by atoms with E-state index in [4.69, 9.17) is 4.74 Å². The minimum Gasteiger partial charge on any atom is -0.380 e. The lowest BCUT2D eigenvalue weighted by atomic mass is 9.89. The third kappa shape index (κ3) is 4.20. The van der Waals surface area contributed by atoms with Crippen LogP contribution in [0.5, 0.6) is 0 Å². The minimum absolute atomic E-state index is 0.200. The molecule has 0 radical (unpaired) electrons. The topological polar surface area (TPSA) is 45.7 Å². The van der Waals surface area contributed by atoms with Crippen LogP contribution in [0.25, 0.3) is 0 Å². The Hall–Kier alpha value is -1.62. The molecule has 5 heteroatoms. The maximum atomic E-state index is 12.8. The van der Waals surface area contributed by atoms with Gasteiger partial charge in [0.25, 0.3) is 0 Å². The highest BCUT2D eigenvalue weighted by atomic mass is 19.1. The molecule has 110 valence electrons. The molecule has 0 saturated carbocycles. The summed E-state index contributed by atoms with van der Waals surface area (Å²) in [5.74, 6) is 0.561. The lowest BCUT2D eigenvalue weighted by Crippen LogP contribution is -2.51. The van der Waals surface area contributed by atoms with E-state index in [1.54, 1.807) is 12.1 Å². The number of rotatable bonds is 5. The molecule has 1 fully saturated rings. The van der Waals surface area contributed by atoms with Crippen LogP contribution in [0, 0.1) is 11.2 Å². The molecule has 1 aromatic carbocycles. The van der Waals surface area contributed by atoms with Crippen molar-refractivity contribution in [3.8, 4) is 0 Å². The van der Waals surface area contributed by atoms with Gasteiger partial charge in [0.2, 0.25) is 0 Å². The number of ether oxygens (including phenoxy) is 1. The minimum atomic E-state index is -0.222. The fraction of sp³-hybridized carbons (Fsp3) is 0.533. The summed E-state index contributed by atoms with van der Waals surface area (Å²) < 4.78 is 18.1. The lowest BCUT2D eigenvalue weighted by Gasteiger charge is -2.38. The molecule has 1 aliphatic rings. The fourth-order valence-electron chi connectivity index (χ4n) is 1.95. The fourth-order valence-corrected chi connectivity index (χ4v) is 1.95. The first-order chi connectivity index (χ1) is 9.61. The van der Waals surface area contributed by atoms with Gasteiger partial charge in [0.15, 0.2) is 5.96 Å². The molecule has 0 aromatic heterocycles. The molecule has 2 N–H and O–H groups in total. The first-order valence-electron chi connectivity index (χ1n) is 6.96. The van der Waals surface area contributed by atoms with Gasteiger partial charge in [-0.05, 0) is 24.6 Å². The van der Waals surface area contributed by atoms with Crippen LogP contribution < -0.4 is 10.6 Å². The Morgan fingerprint density at radius 3 is 2.55 bits per heavy atom. The Morgan fingerprint density at radius 2 is 2.00 bits per heavy atom. The summed E-state index contributed by atoms with van der Waals surface area (Å²) in [5, 5.41) is 6.54. The summed E-state index contributed by atoms with van der Waals surface area (Å²) >= 11 is 0. The monoisotopic (exact) mass is 279 g/mol. The predicted molar refractivity (Wildman–Crippen MR) is 78.1 cm³/mol. The Bertz CT molecular complexity index is 455. The highest BCUT2D eigenvalue weighted by Crippen LogP contribution is 2.24. The van der Waals surface area contributed by atoms with Crippen LogP contribution in [-0.2, 0) is 11.3 Å². The molecule has 1 saturated heterocycles. The summed E-state index contributed by atoms with van der Waals surface area (Å²) in [6, 6.07) is 6.42. The summed E-state index contributed by atoms with van der Waals surface area (Å²) in [5.41, 5.74) is 1.19. The molecule has 0 bridgehead atoms. The molecule has 2 rings (SSSR count). The van der Waals surface area contributed by atoms with Crippen LogP contribution in [0.2, 0.25) is 0 Å². The van der Waals surface area contributed by atoms with Crippen LogP contribution >= 0.6 is 0 Å². The normalized spacial score (nSPS) is 17.4. The van der Waals surface area contributed by atoms with E-state index in [1.807, 2.05) is 6.92 Å². The number of hydrogen-bond donors (Lipinski definition) is 2. The van der Waals surface area contributed by atoms with E-state index in [1.165, 1.54) is 12.1 Å². The van der Waals surface area contributed by atoms with E-state index in [0.29, 0.717) is 6.54 Å². The summed E-state index contributed by atoms with van der Waals surface area (Å²) in [7, 11) is 0. The number of nitrogens with one attached hydrogen (secondary N) is 2. The van der Waals surface area contributed by atoms with Crippen molar-refractivity contribution in [1.29, 1.82) is 0 Å². The molecular weight excluding hydrogens is 257 g/mol. The van der Waals surface area contributed by atoms with Crippen molar-refractivity contribution < 1.29 is 9.13 Å². The number of guanidine groups is 1. The van der Waals surface area contributed by atoms with Gasteiger partial charge in [-0.3, -0.25) is 0 Å². The van der Waals surface area contributed by atoms with Gasteiger partial charge in [-0.1, -0.05) is 19.1 Å². The van der Waals surface area contributed by atoms with Gasteiger partial charge >= 0.3 is 0 Å². The van der Waals surface area contributed by atoms with Gasteiger partial charge in [-0.15, -0.1) is 0 Å². The maximum absolute atomic E-state index is 12.8. The van der Waals surface area contributed by atoms with E-state index in [9.17, 15) is 4.39 Å². The van der Waals surface area contributed by atoms with Crippen molar-refractivity contribution in [2.24, 2.45) is 10.4 Å². The van der Waals surface area contributed by atoms with E-state index in [-0.39, 0.29) is 11.2 Å². The number of halogens is 1. The smallest absolute Gasteiger partial charge is 0.191 e. The average molecular weight is 279 g/mol. The van der Waals surface area contributed by atoms with Crippen LogP contribution in [0.15, 0.2) is 29.3 Å². The standard InChI is InChI=1S/C15H22FN3O/c1-3-17-14(19-9-15(2)10-20-11-15)18-8-12-4-6-13(16)7-5-12/h4-7H,3,8-11H2,1-2H3,(H2,17,18,19). The van der Waals surface area contributed by atoms with E-state index >= 15 is 0 Å². The lowest BCUT2D eigenvalue weighted by molar-refractivity contribution is -0.0971. The molecule has 1 heterocycles. The van der Waals surface area contributed by atoms with Gasteiger partial charge < -0.3 is 15.4 Å². The van der Waals surface area contributed by atoms with Crippen molar-refractivity contribution in [2.75, 3.05) is 26.3 Å². The van der Waals surface area contributed by atoms with Gasteiger partial charge in [0.05, 0.1) is 19.8 Å². The zero-order chi connectivity index (χ0) is 14.4. The third-order valence-electron chi connectivity index (χ3n) is 3.26. The number of nitrogens with zero attached hydrogens (tertiary/aromatic N) is 1. The van der Waals surface area contributed by atoms with E-state index in [2.05, 4.69) is 22.5 Å². The number of hydrogen-bond acceptors (Lipinski definition) is 2. The molecular formula is C15H22FN3O. The molecule has 1 aliphatic heterocycles. The highest BCUT2D eigenvalue weighted by molar-refractivity contribution is 5.79. The van der Waals surface area contributed by atoms with Gasteiger partial charge in [0.1, 0.15) is 5.82 Å². The van der Waals surface area contributed by atoms with Crippen LogP contribution in [0.1, 0.15) is 19.4 Å². The molecule has 20 heavy (non-hydrogen) atoms. The van der Waals surface area contributed by atoms with E-state index in [0.717, 1.165) is 37.8 Å². The van der Waals surface area contributed by atoms with Crippen LogP contribution in [0.4, 0.5) is 4.39 Å². The SMILES string of the molecule is CCNC(=NCc1ccc(F)cc1)NCC1(C)COC1. The van der Waals surface area contributed by atoms with Gasteiger partial charge in [-0.25, -0.2) is 9.38 Å². The zero-order valence-corrected chi connectivity index (χ0v) is 12.1. The number of aliphatic imine (C=N–C) groups is 1. The largest absolute Gasteiger partial charge is 0.380 e. The Balaban J connectivity index is 1.89. The third-order valence-corrected chi connectivity index (χ3v) is 3.26. The first kappa shape index (κ1) is 14.8. The zero-order valence-electron chi connectivity index (χ0n) is 12.1. The number of benzene rings is 1. The predicted octanol–water partition coefficient (Wildman–Crippen LogP) is 1.92. The first-order valence-corrected chi connectivity index (χ1v) is 6.96. The van der Waals surface area contributed by atoms with Crippen molar-refractivity contribution in [2.45, 2.75) is 20.4 Å². The van der Waals surface area contributed by atoms with Crippen LogP contribution in [0.3, 0.4) is 0 Å². The van der Waals surface area contributed by atoms with Crippen molar-refractivity contribution in [1.82, 2.24) is 10.6 Å². The van der Waals surface area contributed by atoms with Gasteiger partial charge in [-0.2, -0.15) is 0 Å². The highest BCUT2D eigenvalue weighted by Gasteiger charge is 2.33. The molecule has 0 aliphatic carbocycles. The summed E-state index contributed by atoms with van der Waals surface area (Å²) in [4.78, 5) is 4.51. The summed E-state index contributed by atoms with van der Waals surface area (Å²) in [6.45, 7) is 7.97. The second kappa shape index (κ2) is 6.70. The molecule has 0 unspecified atom stereocenters. The Kier molecular flexibility index (Phi) is 4.95. The maximum Gasteiger partial charge on any atom is 0.191 e. The molecule has 0 spiro atoms. The molecule has 1 aromatic rings. The second-order valence-electron chi connectivity index (χ2n) is 5.48. The Morgan fingerprint density at radius 1 is 1.30 bits per heavy atom. The van der Waals surface area contributed by atoms with E-state index < -0.39 is 0 Å². The second-order valence-corrected chi connectivity index (χ2v) is 5.48. The van der Waals surface area contributed by atoms with Crippen molar-refractivity contribution in [3.63, 3.8) is 0 Å². The summed E-state index contributed by atoms with van der Waals surface area (Å²) in [6.07, 6.45) is 0. The Labute approximate surface area is 119 Å².